The second-order valence-electron chi connectivity index (χ2n) is 5.78. The summed E-state index contributed by atoms with van der Waals surface area (Å²) in [5, 5.41) is 10.2. The normalized spacial score (nSPS) is 11.6. The van der Waals surface area contributed by atoms with E-state index in [0.717, 1.165) is 22.8 Å². The molecular formula is C19H20O5S. The first-order valence-corrected chi connectivity index (χ1v) is 9.64. The van der Waals surface area contributed by atoms with E-state index in [0.29, 0.717) is 24.3 Å². The van der Waals surface area contributed by atoms with Crippen LogP contribution in [0, 0.1) is 6.92 Å². The maximum atomic E-state index is 11.3. The largest absolute Gasteiger partial charge is 0.493 e. The van der Waals surface area contributed by atoms with E-state index in [4.69, 9.17) is 9.84 Å². The van der Waals surface area contributed by atoms with Crippen LogP contribution in [-0.2, 0) is 16.3 Å². The van der Waals surface area contributed by atoms with E-state index in [-0.39, 0.29) is 5.56 Å². The number of hydrogen-bond donors (Lipinski definition) is 1. The Balaban J connectivity index is 2.19. The Morgan fingerprint density at radius 1 is 1.20 bits per heavy atom. The molecule has 0 spiro atoms. The van der Waals surface area contributed by atoms with Crippen LogP contribution in [-0.4, -0.2) is 32.4 Å². The van der Waals surface area contributed by atoms with Crippen molar-refractivity contribution in [2.75, 3.05) is 12.9 Å². The number of carboxylic acids is 1. The Morgan fingerprint density at radius 2 is 1.96 bits per heavy atom. The number of carbonyl (C=O) groups is 1. The monoisotopic (exact) mass is 360 g/mol. The highest BCUT2D eigenvalue weighted by atomic mass is 32.2. The Morgan fingerprint density at radius 3 is 2.60 bits per heavy atom. The van der Waals surface area contributed by atoms with Crippen LogP contribution in [0.5, 0.6) is 5.75 Å². The van der Waals surface area contributed by atoms with Crippen LogP contribution in [0.4, 0.5) is 0 Å². The fourth-order valence-electron chi connectivity index (χ4n) is 2.27. The lowest BCUT2D eigenvalue weighted by molar-refractivity contribution is 0.0696. The first-order valence-electron chi connectivity index (χ1n) is 7.68. The van der Waals surface area contributed by atoms with Crippen LogP contribution >= 0.6 is 0 Å². The molecule has 5 nitrogen and oxygen atoms in total. The minimum Gasteiger partial charge on any atom is -0.493 e. The highest BCUT2D eigenvalue weighted by Gasteiger charge is 2.09. The molecule has 0 amide bonds. The van der Waals surface area contributed by atoms with Crippen LogP contribution in [0.2, 0.25) is 0 Å². The number of sulfone groups is 1. The van der Waals surface area contributed by atoms with Gasteiger partial charge in [0.2, 0.25) is 0 Å². The van der Waals surface area contributed by atoms with Crippen LogP contribution in [0.3, 0.4) is 0 Å². The zero-order chi connectivity index (χ0) is 18.4. The minimum atomic E-state index is -3.29. The number of carboxylic acid groups (broad SMARTS) is 1. The molecule has 0 aliphatic carbocycles. The van der Waals surface area contributed by atoms with Gasteiger partial charge in [0.05, 0.1) is 12.2 Å². The first-order chi connectivity index (χ1) is 11.7. The predicted octanol–water partition coefficient (Wildman–Crippen LogP) is 3.33. The van der Waals surface area contributed by atoms with Gasteiger partial charge in [-0.15, -0.1) is 0 Å². The lowest BCUT2D eigenvalue weighted by atomic mass is 10.1. The standard InChI is InChI=1S/C19H20O5S/c1-14-4-3-5-15(12-14)8-10-24-18-13-17(19(20)21)7-6-16(18)9-11-25(2,22)23/h3-7,9,11-13H,8,10H2,1-2H3,(H,20,21)/b11-9+. The fourth-order valence-corrected chi connectivity index (χ4v) is 2.67. The molecule has 1 N–H and O–H groups in total. The molecule has 0 aliphatic rings. The van der Waals surface area contributed by atoms with Gasteiger partial charge in [0.1, 0.15) is 5.75 Å². The molecule has 6 heteroatoms. The highest BCUT2D eigenvalue weighted by molar-refractivity contribution is 7.93. The highest BCUT2D eigenvalue weighted by Crippen LogP contribution is 2.23. The molecule has 0 saturated heterocycles. The molecule has 0 aliphatic heterocycles. The van der Waals surface area contributed by atoms with Crippen molar-refractivity contribution < 1.29 is 23.1 Å². The van der Waals surface area contributed by atoms with Crippen molar-refractivity contribution in [1.82, 2.24) is 0 Å². The Labute approximate surface area is 147 Å². The molecule has 2 aromatic carbocycles. The second kappa shape index (κ2) is 7.98. The van der Waals surface area contributed by atoms with Crippen molar-refractivity contribution >= 4 is 21.9 Å². The predicted molar refractivity (Wildman–Crippen MR) is 97.7 cm³/mol. The second-order valence-corrected chi connectivity index (χ2v) is 7.71. The number of aromatic carboxylic acids is 1. The summed E-state index contributed by atoms with van der Waals surface area (Å²) in [6, 6.07) is 12.4. The van der Waals surface area contributed by atoms with Gasteiger partial charge in [-0.1, -0.05) is 35.9 Å². The third-order valence-corrected chi connectivity index (χ3v) is 4.12. The van der Waals surface area contributed by atoms with Gasteiger partial charge in [0.25, 0.3) is 0 Å². The van der Waals surface area contributed by atoms with E-state index >= 15 is 0 Å². The number of hydrogen-bond acceptors (Lipinski definition) is 4. The molecule has 132 valence electrons. The number of ether oxygens (including phenoxy) is 1. The summed E-state index contributed by atoms with van der Waals surface area (Å²) in [5.41, 5.74) is 2.87. The molecule has 2 rings (SSSR count). The summed E-state index contributed by atoms with van der Waals surface area (Å²) in [5.74, 6) is -0.727. The Hall–Kier alpha value is -2.60. The molecule has 2 aromatic rings. The van der Waals surface area contributed by atoms with Gasteiger partial charge in [0.15, 0.2) is 9.84 Å². The molecule has 0 saturated carbocycles. The molecule has 25 heavy (non-hydrogen) atoms. The minimum absolute atomic E-state index is 0.0852. The zero-order valence-electron chi connectivity index (χ0n) is 14.1. The summed E-state index contributed by atoms with van der Waals surface area (Å²) < 4.78 is 28.3. The maximum absolute atomic E-state index is 11.3. The molecule has 0 atom stereocenters. The SMILES string of the molecule is Cc1cccc(CCOc2cc(C(=O)O)ccc2/C=C/S(C)(=O)=O)c1. The lowest BCUT2D eigenvalue weighted by Gasteiger charge is -2.11. The Kier molecular flexibility index (Phi) is 5.98. The quantitative estimate of drug-likeness (QED) is 0.819. The summed E-state index contributed by atoms with van der Waals surface area (Å²) in [6.45, 7) is 2.36. The Bertz CT molecular complexity index is 898. The molecule has 0 aromatic heterocycles. The molecule has 0 radical (unpaired) electrons. The van der Waals surface area contributed by atoms with Gasteiger partial charge in [-0.25, -0.2) is 13.2 Å². The average molecular weight is 360 g/mol. The van der Waals surface area contributed by atoms with Crippen molar-refractivity contribution in [3.05, 3.63) is 70.1 Å². The maximum Gasteiger partial charge on any atom is 0.335 e. The van der Waals surface area contributed by atoms with Gasteiger partial charge in [0, 0.05) is 23.6 Å². The molecular weight excluding hydrogens is 340 g/mol. The molecule has 0 unspecified atom stereocenters. The fraction of sp³-hybridized carbons (Fsp3) is 0.211. The number of aryl methyl sites for hydroxylation is 1. The third kappa shape index (κ3) is 6.08. The molecule has 0 fully saturated rings. The van der Waals surface area contributed by atoms with Gasteiger partial charge < -0.3 is 9.84 Å². The van der Waals surface area contributed by atoms with E-state index in [1.807, 2.05) is 25.1 Å². The van der Waals surface area contributed by atoms with Crippen molar-refractivity contribution in [1.29, 1.82) is 0 Å². The van der Waals surface area contributed by atoms with Crippen LogP contribution in [0.15, 0.2) is 47.9 Å². The van der Waals surface area contributed by atoms with Crippen molar-refractivity contribution in [2.45, 2.75) is 13.3 Å². The molecule has 0 bridgehead atoms. The van der Waals surface area contributed by atoms with E-state index in [1.54, 1.807) is 0 Å². The molecule has 0 heterocycles. The van der Waals surface area contributed by atoms with Gasteiger partial charge in [-0.05, 0) is 30.7 Å². The van der Waals surface area contributed by atoms with Crippen LogP contribution in [0.25, 0.3) is 6.08 Å². The van der Waals surface area contributed by atoms with Gasteiger partial charge >= 0.3 is 5.97 Å². The van der Waals surface area contributed by atoms with Crippen molar-refractivity contribution in [3.63, 3.8) is 0 Å². The van der Waals surface area contributed by atoms with Gasteiger partial charge in [-0.2, -0.15) is 0 Å². The van der Waals surface area contributed by atoms with Gasteiger partial charge in [-0.3, -0.25) is 0 Å². The van der Waals surface area contributed by atoms with Crippen LogP contribution < -0.4 is 4.74 Å². The smallest absolute Gasteiger partial charge is 0.335 e. The summed E-state index contributed by atoms with van der Waals surface area (Å²) >= 11 is 0. The van der Waals surface area contributed by atoms with Crippen molar-refractivity contribution in [3.8, 4) is 5.75 Å². The summed E-state index contributed by atoms with van der Waals surface area (Å²) in [6.07, 6.45) is 3.16. The lowest BCUT2D eigenvalue weighted by Crippen LogP contribution is -2.04. The van der Waals surface area contributed by atoms with Crippen LogP contribution in [0.1, 0.15) is 27.0 Å². The number of benzene rings is 2. The first kappa shape index (κ1) is 18.7. The van der Waals surface area contributed by atoms with E-state index in [1.165, 1.54) is 24.3 Å². The van der Waals surface area contributed by atoms with E-state index in [9.17, 15) is 13.2 Å². The van der Waals surface area contributed by atoms with Crippen molar-refractivity contribution in [2.24, 2.45) is 0 Å². The van der Waals surface area contributed by atoms with E-state index < -0.39 is 15.8 Å². The zero-order valence-corrected chi connectivity index (χ0v) is 14.9. The third-order valence-electron chi connectivity index (χ3n) is 3.49. The average Bonchev–Trinajstić information content (AvgIpc) is 2.52. The van der Waals surface area contributed by atoms with E-state index in [2.05, 4.69) is 6.07 Å². The topological polar surface area (TPSA) is 80.7 Å². The number of rotatable bonds is 7. The summed E-state index contributed by atoms with van der Waals surface area (Å²) in [4.78, 5) is 11.1. The summed E-state index contributed by atoms with van der Waals surface area (Å²) in [7, 11) is -3.29.